The third kappa shape index (κ3) is 2.78. The standard InChI is InChI=1S/C13H16F3NO2/c1-19-10-6-5-8(13(14,15)16)11(12(10)18)9-4-2-3-7-17-9/h5-6,9,17-18H,2-4,7H2,1H3. The van der Waals surface area contributed by atoms with Gasteiger partial charge in [0.1, 0.15) is 0 Å². The van der Waals surface area contributed by atoms with E-state index in [0.29, 0.717) is 13.0 Å². The lowest BCUT2D eigenvalue weighted by Crippen LogP contribution is -2.29. The maximum Gasteiger partial charge on any atom is 0.416 e. The lowest BCUT2D eigenvalue weighted by Gasteiger charge is -2.27. The van der Waals surface area contributed by atoms with Crippen LogP contribution in [0.25, 0.3) is 0 Å². The maximum absolute atomic E-state index is 13.0. The molecule has 1 heterocycles. The first kappa shape index (κ1) is 14.0. The van der Waals surface area contributed by atoms with Gasteiger partial charge < -0.3 is 15.2 Å². The number of ether oxygens (including phenoxy) is 1. The summed E-state index contributed by atoms with van der Waals surface area (Å²) in [5, 5.41) is 13.0. The maximum atomic E-state index is 13.0. The molecule has 0 aromatic heterocycles. The number of halogens is 3. The van der Waals surface area contributed by atoms with Crippen LogP contribution in [0.15, 0.2) is 12.1 Å². The zero-order chi connectivity index (χ0) is 14.0. The van der Waals surface area contributed by atoms with Gasteiger partial charge in [-0.25, -0.2) is 0 Å². The van der Waals surface area contributed by atoms with Crippen molar-refractivity contribution in [1.82, 2.24) is 5.32 Å². The van der Waals surface area contributed by atoms with E-state index in [1.54, 1.807) is 0 Å². The first-order chi connectivity index (χ1) is 8.95. The topological polar surface area (TPSA) is 41.5 Å². The van der Waals surface area contributed by atoms with Gasteiger partial charge in [-0.05, 0) is 31.5 Å². The molecule has 0 spiro atoms. The van der Waals surface area contributed by atoms with Crippen LogP contribution in [0.5, 0.6) is 11.5 Å². The molecule has 0 amide bonds. The Morgan fingerprint density at radius 2 is 2.05 bits per heavy atom. The highest BCUT2D eigenvalue weighted by Gasteiger charge is 2.38. The molecule has 0 bridgehead atoms. The molecule has 106 valence electrons. The first-order valence-electron chi connectivity index (χ1n) is 6.15. The zero-order valence-electron chi connectivity index (χ0n) is 10.5. The van der Waals surface area contributed by atoms with Crippen molar-refractivity contribution in [2.45, 2.75) is 31.5 Å². The van der Waals surface area contributed by atoms with Crippen molar-refractivity contribution < 1.29 is 23.0 Å². The van der Waals surface area contributed by atoms with Gasteiger partial charge in [-0.15, -0.1) is 0 Å². The Bertz CT molecular complexity index is 454. The summed E-state index contributed by atoms with van der Waals surface area (Å²) in [5.41, 5.74) is -0.906. The molecule has 1 aromatic carbocycles. The van der Waals surface area contributed by atoms with Crippen LogP contribution in [0, 0.1) is 0 Å². The number of aromatic hydroxyl groups is 1. The van der Waals surface area contributed by atoms with Crippen molar-refractivity contribution in [3.63, 3.8) is 0 Å². The summed E-state index contributed by atoms with van der Waals surface area (Å²) >= 11 is 0. The monoisotopic (exact) mass is 275 g/mol. The minimum atomic E-state index is -4.49. The smallest absolute Gasteiger partial charge is 0.416 e. The molecule has 1 aromatic rings. The largest absolute Gasteiger partial charge is 0.504 e. The van der Waals surface area contributed by atoms with Crippen LogP contribution in [-0.4, -0.2) is 18.8 Å². The lowest BCUT2D eigenvalue weighted by atomic mass is 9.92. The number of hydrogen-bond donors (Lipinski definition) is 2. The van der Waals surface area contributed by atoms with Crippen molar-refractivity contribution in [2.75, 3.05) is 13.7 Å². The Labute approximate surface area is 109 Å². The van der Waals surface area contributed by atoms with Gasteiger partial charge in [-0.2, -0.15) is 13.2 Å². The van der Waals surface area contributed by atoms with Gasteiger partial charge in [-0.1, -0.05) is 6.42 Å². The molecule has 1 aliphatic heterocycles. The molecule has 2 N–H and O–H groups in total. The molecule has 1 fully saturated rings. The summed E-state index contributed by atoms with van der Waals surface area (Å²) < 4.78 is 44.0. The molecule has 1 atom stereocenters. The third-order valence-electron chi connectivity index (χ3n) is 3.36. The third-order valence-corrected chi connectivity index (χ3v) is 3.36. The Morgan fingerprint density at radius 3 is 2.58 bits per heavy atom. The molecule has 1 unspecified atom stereocenters. The van der Waals surface area contributed by atoms with E-state index in [4.69, 9.17) is 4.74 Å². The van der Waals surface area contributed by atoms with Crippen LogP contribution < -0.4 is 10.1 Å². The van der Waals surface area contributed by atoms with Crippen LogP contribution in [-0.2, 0) is 6.18 Å². The molecule has 2 rings (SSSR count). The van der Waals surface area contributed by atoms with Crippen molar-refractivity contribution in [2.24, 2.45) is 0 Å². The number of phenolic OH excluding ortho intramolecular Hbond substituents is 1. The average molecular weight is 275 g/mol. The molecule has 3 nitrogen and oxygen atoms in total. The number of benzene rings is 1. The molecule has 19 heavy (non-hydrogen) atoms. The molecular weight excluding hydrogens is 259 g/mol. The van der Waals surface area contributed by atoms with Crippen LogP contribution >= 0.6 is 0 Å². The fraction of sp³-hybridized carbons (Fsp3) is 0.538. The van der Waals surface area contributed by atoms with Gasteiger partial charge >= 0.3 is 6.18 Å². The zero-order valence-corrected chi connectivity index (χ0v) is 10.5. The highest BCUT2D eigenvalue weighted by atomic mass is 19.4. The van der Waals surface area contributed by atoms with Crippen LogP contribution in [0.2, 0.25) is 0 Å². The van der Waals surface area contributed by atoms with Crippen molar-refractivity contribution in [3.8, 4) is 11.5 Å². The predicted molar refractivity (Wildman–Crippen MR) is 64.3 cm³/mol. The highest BCUT2D eigenvalue weighted by Crippen LogP contribution is 2.44. The fourth-order valence-electron chi connectivity index (χ4n) is 2.45. The normalized spacial score (nSPS) is 20.3. The van der Waals surface area contributed by atoms with Crippen molar-refractivity contribution in [3.05, 3.63) is 23.3 Å². The Hall–Kier alpha value is -1.43. The molecule has 1 saturated heterocycles. The second-order valence-electron chi connectivity index (χ2n) is 4.58. The van der Waals surface area contributed by atoms with E-state index in [9.17, 15) is 18.3 Å². The van der Waals surface area contributed by atoms with E-state index in [1.165, 1.54) is 7.11 Å². The first-order valence-corrected chi connectivity index (χ1v) is 6.15. The van der Waals surface area contributed by atoms with E-state index in [0.717, 1.165) is 25.0 Å². The minimum absolute atomic E-state index is 0.0652. The number of rotatable bonds is 2. The van der Waals surface area contributed by atoms with E-state index in [-0.39, 0.29) is 11.3 Å². The molecule has 6 heteroatoms. The predicted octanol–water partition coefficient (Wildman–Crippen LogP) is 3.23. The Morgan fingerprint density at radius 1 is 1.32 bits per heavy atom. The molecule has 1 aliphatic rings. The molecular formula is C13H16F3NO2. The van der Waals surface area contributed by atoms with E-state index in [2.05, 4.69) is 5.32 Å². The summed E-state index contributed by atoms with van der Waals surface area (Å²) in [6.45, 7) is 0.651. The summed E-state index contributed by atoms with van der Waals surface area (Å²) in [4.78, 5) is 0. The molecule has 0 saturated carbocycles. The summed E-state index contributed by atoms with van der Waals surface area (Å²) in [6, 6.07) is 1.62. The Kier molecular flexibility index (Phi) is 3.89. The summed E-state index contributed by atoms with van der Waals surface area (Å²) in [6.07, 6.45) is -2.14. The average Bonchev–Trinajstić information content (AvgIpc) is 2.38. The van der Waals surface area contributed by atoms with Crippen molar-refractivity contribution >= 4 is 0 Å². The fourth-order valence-corrected chi connectivity index (χ4v) is 2.45. The number of phenols is 1. The SMILES string of the molecule is COc1ccc(C(F)(F)F)c(C2CCCCN2)c1O. The second kappa shape index (κ2) is 5.28. The van der Waals surface area contributed by atoms with Crippen LogP contribution in [0.3, 0.4) is 0 Å². The quantitative estimate of drug-likeness (QED) is 0.870. The van der Waals surface area contributed by atoms with E-state index in [1.807, 2.05) is 0 Å². The number of hydrogen-bond acceptors (Lipinski definition) is 3. The van der Waals surface area contributed by atoms with Gasteiger partial charge in [-0.3, -0.25) is 0 Å². The number of piperidine rings is 1. The Balaban J connectivity index is 2.52. The second-order valence-corrected chi connectivity index (χ2v) is 4.58. The highest BCUT2D eigenvalue weighted by molar-refractivity contribution is 5.52. The summed E-state index contributed by atoms with van der Waals surface area (Å²) in [5.74, 6) is -0.355. The van der Waals surface area contributed by atoms with E-state index >= 15 is 0 Å². The minimum Gasteiger partial charge on any atom is -0.504 e. The van der Waals surface area contributed by atoms with Crippen LogP contribution in [0.4, 0.5) is 13.2 Å². The number of nitrogens with one attached hydrogen (secondary N) is 1. The van der Waals surface area contributed by atoms with Crippen LogP contribution in [0.1, 0.15) is 36.4 Å². The number of methoxy groups -OCH3 is 1. The van der Waals surface area contributed by atoms with Gasteiger partial charge in [0.05, 0.1) is 12.7 Å². The van der Waals surface area contributed by atoms with E-state index < -0.39 is 23.5 Å². The van der Waals surface area contributed by atoms with Gasteiger partial charge in [0.2, 0.25) is 0 Å². The van der Waals surface area contributed by atoms with Gasteiger partial charge in [0.15, 0.2) is 11.5 Å². The number of alkyl halides is 3. The van der Waals surface area contributed by atoms with Crippen molar-refractivity contribution in [1.29, 1.82) is 0 Å². The molecule has 0 aliphatic carbocycles. The van der Waals surface area contributed by atoms with Gasteiger partial charge in [0.25, 0.3) is 0 Å². The lowest BCUT2D eigenvalue weighted by molar-refractivity contribution is -0.138. The molecule has 0 radical (unpaired) electrons. The van der Waals surface area contributed by atoms with Gasteiger partial charge in [0, 0.05) is 11.6 Å². The summed E-state index contributed by atoms with van der Waals surface area (Å²) in [7, 11) is 1.32.